The summed E-state index contributed by atoms with van der Waals surface area (Å²) in [5.41, 5.74) is 1.13. The van der Waals surface area contributed by atoms with Crippen molar-refractivity contribution >= 4 is 5.97 Å². The van der Waals surface area contributed by atoms with Gasteiger partial charge in [0.15, 0.2) is 0 Å². The van der Waals surface area contributed by atoms with Crippen molar-refractivity contribution in [1.29, 1.82) is 0 Å². The molecule has 1 spiro atoms. The van der Waals surface area contributed by atoms with Gasteiger partial charge >= 0.3 is 5.97 Å². The largest absolute Gasteiger partial charge is 0.458 e. The molecule has 0 aromatic heterocycles. The van der Waals surface area contributed by atoms with E-state index in [4.69, 9.17) is 4.74 Å². The number of carbonyl (C=O) groups excluding carboxylic acids is 1. The van der Waals surface area contributed by atoms with E-state index in [-0.39, 0.29) is 11.6 Å². The first-order chi connectivity index (χ1) is 5.20. The van der Waals surface area contributed by atoms with Crippen LogP contribution in [0.4, 0.5) is 0 Å². The average Bonchev–Trinajstić information content (AvgIpc) is 1.84. The van der Waals surface area contributed by atoms with E-state index < -0.39 is 0 Å². The Bertz CT molecular complexity index is 210. The molecule has 1 heterocycles. The molecule has 60 valence electrons. The zero-order valence-electron chi connectivity index (χ0n) is 6.56. The summed E-state index contributed by atoms with van der Waals surface area (Å²) in [5, 5.41) is 0. The van der Waals surface area contributed by atoms with E-state index in [1.807, 2.05) is 0 Å². The number of hydrogen-bond acceptors (Lipinski definition) is 2. The van der Waals surface area contributed by atoms with Crippen molar-refractivity contribution in [3.63, 3.8) is 0 Å². The fourth-order valence-electron chi connectivity index (χ4n) is 2.03. The zero-order valence-corrected chi connectivity index (χ0v) is 6.56. The lowest BCUT2D eigenvalue weighted by Crippen LogP contribution is -2.49. The van der Waals surface area contributed by atoms with E-state index in [9.17, 15) is 4.79 Å². The molecular weight excluding hydrogens is 140 g/mol. The summed E-state index contributed by atoms with van der Waals surface area (Å²) in [5.74, 6) is -0.0419. The van der Waals surface area contributed by atoms with Gasteiger partial charge < -0.3 is 4.74 Å². The summed E-state index contributed by atoms with van der Waals surface area (Å²) in [6.07, 6.45) is 4.80. The third kappa shape index (κ3) is 1.06. The number of esters is 1. The molecule has 1 saturated heterocycles. The van der Waals surface area contributed by atoms with E-state index in [1.54, 1.807) is 0 Å². The summed E-state index contributed by atoms with van der Waals surface area (Å²) in [6.45, 7) is 3.93. The van der Waals surface area contributed by atoms with E-state index in [2.05, 4.69) is 6.58 Å². The van der Waals surface area contributed by atoms with Crippen molar-refractivity contribution in [3.05, 3.63) is 12.2 Å². The van der Waals surface area contributed by atoms with Crippen molar-refractivity contribution in [1.82, 2.24) is 0 Å². The molecule has 2 nitrogen and oxygen atoms in total. The van der Waals surface area contributed by atoms with Crippen LogP contribution in [-0.2, 0) is 9.53 Å². The smallest absolute Gasteiger partial charge is 0.310 e. The molecule has 2 fully saturated rings. The third-order valence-electron chi connectivity index (χ3n) is 2.53. The van der Waals surface area contributed by atoms with Gasteiger partial charge in [0, 0.05) is 6.42 Å². The van der Waals surface area contributed by atoms with Gasteiger partial charge in [0.2, 0.25) is 0 Å². The first kappa shape index (κ1) is 6.89. The van der Waals surface area contributed by atoms with Crippen molar-refractivity contribution < 1.29 is 9.53 Å². The SMILES string of the molecule is C=C1CCCC2(C1)CC(=O)O2. The normalized spacial score (nSPS) is 36.7. The van der Waals surface area contributed by atoms with Crippen molar-refractivity contribution in [3.8, 4) is 0 Å². The molecular formula is C9H12O2. The van der Waals surface area contributed by atoms with Gasteiger partial charge in [0.25, 0.3) is 0 Å². The Hall–Kier alpha value is -0.790. The van der Waals surface area contributed by atoms with Crippen LogP contribution in [0, 0.1) is 0 Å². The van der Waals surface area contributed by atoms with Gasteiger partial charge in [-0.3, -0.25) is 4.79 Å². The summed E-state index contributed by atoms with van der Waals surface area (Å²) >= 11 is 0. The Balaban J connectivity index is 2.04. The van der Waals surface area contributed by atoms with Crippen molar-refractivity contribution in [2.45, 2.75) is 37.7 Å². The molecule has 2 rings (SSSR count). The van der Waals surface area contributed by atoms with Crippen molar-refractivity contribution in [2.75, 3.05) is 0 Å². The Morgan fingerprint density at radius 1 is 1.45 bits per heavy atom. The van der Waals surface area contributed by atoms with Gasteiger partial charge in [0.1, 0.15) is 5.60 Å². The standard InChI is InChI=1S/C9H12O2/c1-7-3-2-4-9(5-7)6-8(10)11-9/h1-6H2. The molecule has 0 bridgehead atoms. The monoisotopic (exact) mass is 152 g/mol. The van der Waals surface area contributed by atoms with Crippen LogP contribution in [0.2, 0.25) is 0 Å². The Kier molecular flexibility index (Phi) is 1.31. The van der Waals surface area contributed by atoms with Crippen LogP contribution in [0.25, 0.3) is 0 Å². The lowest BCUT2D eigenvalue weighted by atomic mass is 9.77. The van der Waals surface area contributed by atoms with Crippen LogP contribution < -0.4 is 0 Å². The first-order valence-corrected chi connectivity index (χ1v) is 4.09. The van der Waals surface area contributed by atoms with Crippen LogP contribution in [0.1, 0.15) is 32.1 Å². The minimum atomic E-state index is -0.105. The quantitative estimate of drug-likeness (QED) is 0.391. The molecule has 0 aromatic rings. The maximum absolute atomic E-state index is 10.6. The second-order valence-electron chi connectivity index (χ2n) is 3.61. The Morgan fingerprint density at radius 3 is 2.73 bits per heavy atom. The van der Waals surface area contributed by atoms with Gasteiger partial charge in [-0.1, -0.05) is 12.2 Å². The van der Waals surface area contributed by atoms with Crippen LogP contribution in [0.3, 0.4) is 0 Å². The predicted molar refractivity (Wildman–Crippen MR) is 41.0 cm³/mol. The highest BCUT2D eigenvalue weighted by Crippen LogP contribution is 2.42. The Labute approximate surface area is 66.2 Å². The molecule has 0 amide bonds. The number of rotatable bonds is 0. The molecule has 1 atom stereocenters. The summed E-state index contributed by atoms with van der Waals surface area (Å²) in [6, 6.07) is 0. The van der Waals surface area contributed by atoms with Gasteiger partial charge in [-0.15, -0.1) is 0 Å². The zero-order chi connectivity index (χ0) is 7.90. The van der Waals surface area contributed by atoms with Gasteiger partial charge in [-0.25, -0.2) is 0 Å². The van der Waals surface area contributed by atoms with Crippen LogP contribution in [-0.4, -0.2) is 11.6 Å². The van der Waals surface area contributed by atoms with Gasteiger partial charge in [-0.05, 0) is 19.3 Å². The molecule has 1 aliphatic carbocycles. The predicted octanol–water partition coefficient (Wildman–Crippen LogP) is 1.80. The topological polar surface area (TPSA) is 26.3 Å². The molecule has 0 aromatic carbocycles. The van der Waals surface area contributed by atoms with E-state index in [0.717, 1.165) is 25.7 Å². The molecule has 1 aliphatic heterocycles. The van der Waals surface area contributed by atoms with Gasteiger partial charge in [-0.2, -0.15) is 0 Å². The van der Waals surface area contributed by atoms with E-state index >= 15 is 0 Å². The van der Waals surface area contributed by atoms with Crippen LogP contribution >= 0.6 is 0 Å². The molecule has 2 aliphatic rings. The molecule has 11 heavy (non-hydrogen) atoms. The fraction of sp³-hybridized carbons (Fsp3) is 0.667. The lowest BCUT2D eigenvalue weighted by molar-refractivity contribution is -0.194. The first-order valence-electron chi connectivity index (χ1n) is 4.09. The van der Waals surface area contributed by atoms with Crippen molar-refractivity contribution in [2.24, 2.45) is 0 Å². The highest BCUT2D eigenvalue weighted by Gasteiger charge is 2.47. The third-order valence-corrected chi connectivity index (χ3v) is 2.53. The second kappa shape index (κ2) is 2.10. The molecule has 1 unspecified atom stereocenters. The molecule has 0 N–H and O–H groups in total. The number of ether oxygens (including phenoxy) is 1. The van der Waals surface area contributed by atoms with Gasteiger partial charge in [0.05, 0.1) is 6.42 Å². The molecule has 1 saturated carbocycles. The molecule has 0 radical (unpaired) electrons. The fourth-order valence-corrected chi connectivity index (χ4v) is 2.03. The van der Waals surface area contributed by atoms with Crippen LogP contribution in [0.5, 0.6) is 0 Å². The summed E-state index contributed by atoms with van der Waals surface area (Å²) < 4.78 is 5.14. The van der Waals surface area contributed by atoms with E-state index in [0.29, 0.717) is 6.42 Å². The average molecular weight is 152 g/mol. The maximum Gasteiger partial charge on any atom is 0.310 e. The minimum Gasteiger partial charge on any atom is -0.458 e. The highest BCUT2D eigenvalue weighted by molar-refractivity contribution is 5.77. The number of hydrogen-bond donors (Lipinski definition) is 0. The lowest BCUT2D eigenvalue weighted by Gasteiger charge is -2.43. The maximum atomic E-state index is 10.6. The van der Waals surface area contributed by atoms with Crippen LogP contribution in [0.15, 0.2) is 12.2 Å². The summed E-state index contributed by atoms with van der Waals surface area (Å²) in [4.78, 5) is 10.6. The number of carbonyl (C=O) groups is 1. The highest BCUT2D eigenvalue weighted by atomic mass is 16.6. The van der Waals surface area contributed by atoms with E-state index in [1.165, 1.54) is 5.57 Å². The molecule has 2 heteroatoms. The minimum absolute atomic E-state index is 0.0419. The Morgan fingerprint density at radius 2 is 2.18 bits per heavy atom. The summed E-state index contributed by atoms with van der Waals surface area (Å²) in [7, 11) is 0. The second-order valence-corrected chi connectivity index (χ2v) is 3.61.